The van der Waals surface area contributed by atoms with Gasteiger partial charge in [-0.1, -0.05) is 12.1 Å². The van der Waals surface area contributed by atoms with Gasteiger partial charge in [0.05, 0.1) is 4.47 Å². The molecule has 0 fully saturated rings. The average Bonchev–Trinajstić information content (AvgIpc) is 2.30. The van der Waals surface area contributed by atoms with Gasteiger partial charge in [-0.25, -0.2) is 0 Å². The summed E-state index contributed by atoms with van der Waals surface area (Å²) in [5.74, 6) is -0.894. The molecule has 5 nitrogen and oxygen atoms in total. The third kappa shape index (κ3) is 4.03. The monoisotopic (exact) mass is 315 g/mol. The lowest BCUT2D eigenvalue weighted by atomic mass is 10.3. The number of carbonyl (C=O) groups is 2. The van der Waals surface area contributed by atoms with Gasteiger partial charge in [-0.15, -0.1) is 0 Å². The number of carboxylic acids is 1. The smallest absolute Gasteiger partial charge is 0.323 e. The quantitative estimate of drug-likeness (QED) is 0.899. The van der Waals surface area contributed by atoms with E-state index in [0.717, 1.165) is 9.37 Å². The molecule has 1 rings (SSSR count). The molecule has 1 N–H and O–H groups in total. The van der Waals surface area contributed by atoms with E-state index in [1.54, 1.807) is 25.1 Å². The number of carbonyl (C=O) groups excluding carboxylic acids is 1. The first-order valence-corrected chi connectivity index (χ1v) is 6.09. The summed E-state index contributed by atoms with van der Waals surface area (Å²) in [5, 5.41) is 8.61. The molecule has 0 saturated carbocycles. The zero-order valence-electron chi connectivity index (χ0n) is 10.1. The summed E-state index contributed by atoms with van der Waals surface area (Å²) >= 11 is 3.31. The van der Waals surface area contributed by atoms with Crippen LogP contribution in [-0.4, -0.2) is 41.6 Å². The van der Waals surface area contributed by atoms with Gasteiger partial charge in [0.2, 0.25) is 0 Å². The number of aliphatic carboxylic acids is 1. The molecule has 0 aliphatic heterocycles. The van der Waals surface area contributed by atoms with E-state index in [0.29, 0.717) is 5.75 Å². The molecule has 1 atom stereocenters. The van der Waals surface area contributed by atoms with Crippen LogP contribution in [0, 0.1) is 0 Å². The predicted octanol–water partition coefficient (Wildman–Crippen LogP) is 1.76. The number of hydrogen-bond donors (Lipinski definition) is 1. The minimum atomic E-state index is -1.06. The zero-order valence-corrected chi connectivity index (χ0v) is 11.7. The Kier molecular flexibility index (Phi) is 5.15. The van der Waals surface area contributed by atoms with E-state index in [1.165, 1.54) is 7.05 Å². The van der Waals surface area contributed by atoms with Crippen molar-refractivity contribution >= 4 is 27.8 Å². The van der Waals surface area contributed by atoms with Gasteiger partial charge < -0.3 is 14.7 Å². The number of hydrogen-bond acceptors (Lipinski definition) is 3. The molecule has 18 heavy (non-hydrogen) atoms. The second-order valence-electron chi connectivity index (χ2n) is 3.78. The first-order chi connectivity index (χ1) is 8.41. The van der Waals surface area contributed by atoms with Crippen molar-refractivity contribution in [1.82, 2.24) is 4.90 Å². The van der Waals surface area contributed by atoms with Crippen LogP contribution in [0.15, 0.2) is 28.7 Å². The van der Waals surface area contributed by atoms with Crippen molar-refractivity contribution in [2.45, 2.75) is 13.0 Å². The Morgan fingerprint density at radius 2 is 2.06 bits per heavy atom. The number of para-hydroxylation sites is 1. The molecule has 0 spiro atoms. The maximum Gasteiger partial charge on any atom is 0.323 e. The maximum absolute atomic E-state index is 11.8. The number of likely N-dealkylation sites (N-methyl/N-ethyl adjacent to an activating group) is 1. The number of benzene rings is 1. The zero-order chi connectivity index (χ0) is 13.7. The van der Waals surface area contributed by atoms with Crippen molar-refractivity contribution in [2.24, 2.45) is 0 Å². The van der Waals surface area contributed by atoms with Crippen LogP contribution >= 0.6 is 15.9 Å². The number of halogens is 1. The normalized spacial score (nSPS) is 11.7. The second kappa shape index (κ2) is 6.39. The van der Waals surface area contributed by atoms with E-state index in [2.05, 4.69) is 15.9 Å². The van der Waals surface area contributed by atoms with Crippen LogP contribution < -0.4 is 4.74 Å². The van der Waals surface area contributed by atoms with E-state index in [1.807, 2.05) is 6.07 Å². The van der Waals surface area contributed by atoms with Gasteiger partial charge in [0.15, 0.2) is 6.10 Å². The summed E-state index contributed by atoms with van der Waals surface area (Å²) < 4.78 is 6.22. The summed E-state index contributed by atoms with van der Waals surface area (Å²) in [7, 11) is 1.43. The second-order valence-corrected chi connectivity index (χ2v) is 4.63. The van der Waals surface area contributed by atoms with Gasteiger partial charge in [-0.05, 0) is 35.0 Å². The molecule has 6 heteroatoms. The summed E-state index contributed by atoms with van der Waals surface area (Å²) in [5.41, 5.74) is 0. The molecular weight excluding hydrogens is 302 g/mol. The molecule has 1 amide bonds. The molecule has 0 aromatic heterocycles. The van der Waals surface area contributed by atoms with Crippen molar-refractivity contribution in [1.29, 1.82) is 0 Å². The van der Waals surface area contributed by atoms with Crippen molar-refractivity contribution in [3.63, 3.8) is 0 Å². The van der Waals surface area contributed by atoms with Gasteiger partial charge >= 0.3 is 5.97 Å². The summed E-state index contributed by atoms with van der Waals surface area (Å²) in [4.78, 5) is 23.4. The topological polar surface area (TPSA) is 66.8 Å². The molecule has 1 aromatic carbocycles. The third-order valence-corrected chi connectivity index (χ3v) is 2.89. The first kappa shape index (κ1) is 14.5. The number of nitrogens with zero attached hydrogens (tertiary/aromatic N) is 1. The van der Waals surface area contributed by atoms with Crippen LogP contribution in [0.1, 0.15) is 6.92 Å². The van der Waals surface area contributed by atoms with E-state index in [-0.39, 0.29) is 12.5 Å². The molecule has 0 aliphatic carbocycles. The Balaban J connectivity index is 2.65. The fourth-order valence-electron chi connectivity index (χ4n) is 1.37. The van der Waals surface area contributed by atoms with Crippen molar-refractivity contribution in [3.05, 3.63) is 28.7 Å². The van der Waals surface area contributed by atoms with Gasteiger partial charge in [-0.3, -0.25) is 9.59 Å². The first-order valence-electron chi connectivity index (χ1n) is 5.29. The van der Waals surface area contributed by atoms with Crippen LogP contribution in [0.5, 0.6) is 5.75 Å². The lowest BCUT2D eigenvalue weighted by Gasteiger charge is -2.21. The van der Waals surface area contributed by atoms with Gasteiger partial charge in [-0.2, -0.15) is 0 Å². The molecule has 98 valence electrons. The molecule has 0 aliphatic rings. The van der Waals surface area contributed by atoms with Crippen LogP contribution in [0.25, 0.3) is 0 Å². The Labute approximate surface area is 113 Å². The minimum absolute atomic E-state index is 0.345. The number of carboxylic acid groups (broad SMARTS) is 1. The highest BCUT2D eigenvalue weighted by atomic mass is 79.9. The Bertz CT molecular complexity index is 449. The summed E-state index contributed by atoms with van der Waals surface area (Å²) in [6.07, 6.45) is -0.743. The van der Waals surface area contributed by atoms with E-state index in [9.17, 15) is 9.59 Å². The van der Waals surface area contributed by atoms with E-state index < -0.39 is 12.1 Å². The number of ether oxygens (including phenoxy) is 1. The average molecular weight is 316 g/mol. The largest absolute Gasteiger partial charge is 0.480 e. The minimum Gasteiger partial charge on any atom is -0.480 e. The molecule has 0 heterocycles. The highest BCUT2D eigenvalue weighted by Gasteiger charge is 2.21. The van der Waals surface area contributed by atoms with Crippen LogP contribution in [-0.2, 0) is 9.59 Å². The molecular formula is C12H14BrNO4. The Morgan fingerprint density at radius 1 is 1.44 bits per heavy atom. The van der Waals surface area contributed by atoms with Crippen molar-refractivity contribution in [2.75, 3.05) is 13.6 Å². The molecule has 1 aromatic rings. The van der Waals surface area contributed by atoms with Gasteiger partial charge in [0.1, 0.15) is 12.3 Å². The summed E-state index contributed by atoms with van der Waals surface area (Å²) in [6.45, 7) is 1.24. The van der Waals surface area contributed by atoms with Crippen molar-refractivity contribution in [3.8, 4) is 5.75 Å². The number of amides is 1. The summed E-state index contributed by atoms with van der Waals surface area (Å²) in [6, 6.07) is 7.15. The maximum atomic E-state index is 11.8. The van der Waals surface area contributed by atoms with Crippen molar-refractivity contribution < 1.29 is 19.4 Å². The van der Waals surface area contributed by atoms with Crippen LogP contribution in [0.3, 0.4) is 0 Å². The fraction of sp³-hybridized carbons (Fsp3) is 0.333. The number of rotatable bonds is 5. The highest BCUT2D eigenvalue weighted by Crippen LogP contribution is 2.24. The SMILES string of the molecule is CC(Oc1ccccc1Br)C(=O)N(C)CC(=O)O. The Morgan fingerprint density at radius 3 is 2.61 bits per heavy atom. The molecule has 0 radical (unpaired) electrons. The van der Waals surface area contributed by atoms with Crippen LogP contribution in [0.4, 0.5) is 0 Å². The standard InChI is InChI=1S/C12H14BrNO4/c1-8(12(17)14(2)7-11(15)16)18-10-6-4-3-5-9(10)13/h3-6,8H,7H2,1-2H3,(H,15,16). The molecule has 0 bridgehead atoms. The lowest BCUT2D eigenvalue weighted by Crippen LogP contribution is -2.40. The van der Waals surface area contributed by atoms with Gasteiger partial charge in [0.25, 0.3) is 5.91 Å². The van der Waals surface area contributed by atoms with E-state index in [4.69, 9.17) is 9.84 Å². The molecule has 1 unspecified atom stereocenters. The predicted molar refractivity (Wildman–Crippen MR) is 69.5 cm³/mol. The highest BCUT2D eigenvalue weighted by molar-refractivity contribution is 9.10. The van der Waals surface area contributed by atoms with Gasteiger partial charge in [0, 0.05) is 7.05 Å². The lowest BCUT2D eigenvalue weighted by molar-refractivity contribution is -0.146. The third-order valence-electron chi connectivity index (χ3n) is 2.24. The van der Waals surface area contributed by atoms with E-state index >= 15 is 0 Å². The molecule has 0 saturated heterocycles. The fourth-order valence-corrected chi connectivity index (χ4v) is 1.75. The Hall–Kier alpha value is -1.56. The van der Waals surface area contributed by atoms with Crippen LogP contribution in [0.2, 0.25) is 0 Å².